The van der Waals surface area contributed by atoms with Gasteiger partial charge in [-0.05, 0) is 31.5 Å². The summed E-state index contributed by atoms with van der Waals surface area (Å²) in [5, 5.41) is 5.48. The summed E-state index contributed by atoms with van der Waals surface area (Å²) in [6.45, 7) is 3.06. The van der Waals surface area contributed by atoms with Crippen molar-refractivity contribution >= 4 is 28.9 Å². The van der Waals surface area contributed by atoms with Gasteiger partial charge in [0.15, 0.2) is 0 Å². The van der Waals surface area contributed by atoms with E-state index in [1.54, 1.807) is 38.1 Å². The minimum absolute atomic E-state index is 0.363. The Hall–Kier alpha value is -3.68. The fourth-order valence-corrected chi connectivity index (χ4v) is 3.48. The highest BCUT2D eigenvalue weighted by molar-refractivity contribution is 6.09. The van der Waals surface area contributed by atoms with E-state index in [-0.39, 0.29) is 6.54 Å². The zero-order valence-electron chi connectivity index (χ0n) is 16.1. The Morgan fingerprint density at radius 2 is 1.83 bits per heavy atom. The minimum atomic E-state index is -1.19. The summed E-state index contributed by atoms with van der Waals surface area (Å²) in [5.41, 5.74) is 1.15. The van der Waals surface area contributed by atoms with Crippen LogP contribution in [-0.2, 0) is 15.1 Å². The van der Waals surface area contributed by atoms with Crippen molar-refractivity contribution in [1.29, 1.82) is 0 Å². The summed E-state index contributed by atoms with van der Waals surface area (Å²) in [6.07, 6.45) is 0. The molecule has 4 amide bonds. The minimum Gasteiger partial charge on any atom is -0.345 e. The van der Waals surface area contributed by atoms with Crippen LogP contribution in [-0.4, -0.2) is 39.3 Å². The van der Waals surface area contributed by atoms with Gasteiger partial charge in [0, 0.05) is 0 Å². The van der Waals surface area contributed by atoms with E-state index in [0.29, 0.717) is 11.4 Å². The van der Waals surface area contributed by atoms with Crippen molar-refractivity contribution in [3.8, 4) is 0 Å². The molecule has 2 heterocycles. The number of urea groups is 1. The van der Waals surface area contributed by atoms with Crippen LogP contribution in [0.1, 0.15) is 31.3 Å². The molecule has 2 atom stereocenters. The molecule has 3 N–H and O–H groups in total. The van der Waals surface area contributed by atoms with E-state index in [1.807, 2.05) is 30.3 Å². The molecule has 0 unspecified atom stereocenters. The Balaban J connectivity index is 1.45. The van der Waals surface area contributed by atoms with Gasteiger partial charge in [0.25, 0.3) is 5.91 Å². The van der Waals surface area contributed by atoms with Crippen molar-refractivity contribution in [3.63, 3.8) is 0 Å². The number of imidazole rings is 1. The monoisotopic (exact) mass is 391 g/mol. The molecule has 1 aliphatic rings. The van der Waals surface area contributed by atoms with E-state index in [0.717, 1.165) is 15.9 Å². The van der Waals surface area contributed by atoms with Crippen LogP contribution in [0.25, 0.3) is 11.0 Å². The SMILES string of the molecule is C[C@H](NC(=O)CN1C(=O)N[C@](C)(c2ccccc2)C1=O)c1nc2ccccc2[nH]1. The first-order valence-corrected chi connectivity index (χ1v) is 9.32. The first-order valence-electron chi connectivity index (χ1n) is 9.32. The number of carbonyl (C=O) groups is 3. The molecule has 8 heteroatoms. The third-order valence-corrected chi connectivity index (χ3v) is 5.12. The fourth-order valence-electron chi connectivity index (χ4n) is 3.48. The number of nitrogens with zero attached hydrogens (tertiary/aromatic N) is 2. The summed E-state index contributed by atoms with van der Waals surface area (Å²) in [7, 11) is 0. The largest absolute Gasteiger partial charge is 0.345 e. The van der Waals surface area contributed by atoms with Gasteiger partial charge in [-0.2, -0.15) is 0 Å². The number of H-pyrrole nitrogens is 1. The van der Waals surface area contributed by atoms with Crippen LogP contribution in [0.2, 0.25) is 0 Å². The van der Waals surface area contributed by atoms with Crippen LogP contribution in [0.4, 0.5) is 4.79 Å². The summed E-state index contributed by atoms with van der Waals surface area (Å²) >= 11 is 0. The number of fused-ring (bicyclic) bond motifs is 1. The maximum Gasteiger partial charge on any atom is 0.325 e. The smallest absolute Gasteiger partial charge is 0.325 e. The number of rotatable bonds is 5. The van der Waals surface area contributed by atoms with E-state index < -0.39 is 29.4 Å². The highest BCUT2D eigenvalue weighted by atomic mass is 16.2. The summed E-state index contributed by atoms with van der Waals surface area (Å²) in [5.74, 6) is -0.301. The molecular formula is C21H21N5O3. The molecule has 8 nitrogen and oxygen atoms in total. The molecule has 4 rings (SSSR count). The first kappa shape index (κ1) is 18.7. The maximum atomic E-state index is 12.9. The molecule has 2 aromatic carbocycles. The quantitative estimate of drug-likeness (QED) is 0.580. The van der Waals surface area contributed by atoms with E-state index in [9.17, 15) is 14.4 Å². The van der Waals surface area contributed by atoms with Crippen molar-refractivity contribution in [2.75, 3.05) is 6.54 Å². The second-order valence-electron chi connectivity index (χ2n) is 7.24. The summed E-state index contributed by atoms with van der Waals surface area (Å²) in [4.78, 5) is 46.3. The molecule has 0 bridgehead atoms. The number of nitrogens with one attached hydrogen (secondary N) is 3. The molecule has 1 fully saturated rings. The van der Waals surface area contributed by atoms with E-state index in [4.69, 9.17) is 0 Å². The van der Waals surface area contributed by atoms with Gasteiger partial charge >= 0.3 is 6.03 Å². The number of aromatic nitrogens is 2. The lowest BCUT2D eigenvalue weighted by molar-refractivity contribution is -0.135. The maximum absolute atomic E-state index is 12.9. The average molecular weight is 391 g/mol. The molecule has 1 aromatic heterocycles. The van der Waals surface area contributed by atoms with Gasteiger partial charge < -0.3 is 15.6 Å². The first-order chi connectivity index (χ1) is 13.9. The molecular weight excluding hydrogens is 370 g/mol. The third-order valence-electron chi connectivity index (χ3n) is 5.12. The molecule has 29 heavy (non-hydrogen) atoms. The Kier molecular flexibility index (Phi) is 4.54. The van der Waals surface area contributed by atoms with Gasteiger partial charge in [0.1, 0.15) is 17.9 Å². The van der Waals surface area contributed by atoms with E-state index in [2.05, 4.69) is 20.6 Å². The van der Waals surface area contributed by atoms with Gasteiger partial charge in [0.2, 0.25) is 5.91 Å². The Labute approximate surface area is 167 Å². The zero-order chi connectivity index (χ0) is 20.6. The van der Waals surface area contributed by atoms with Gasteiger partial charge in [0.05, 0.1) is 17.1 Å². The van der Waals surface area contributed by atoms with Crippen molar-refractivity contribution < 1.29 is 14.4 Å². The normalized spacial score (nSPS) is 20.0. The molecule has 1 saturated heterocycles. The van der Waals surface area contributed by atoms with Crippen LogP contribution in [0.15, 0.2) is 54.6 Å². The number of imide groups is 1. The van der Waals surface area contributed by atoms with E-state index >= 15 is 0 Å². The van der Waals surface area contributed by atoms with Crippen LogP contribution < -0.4 is 10.6 Å². The lowest BCUT2D eigenvalue weighted by Gasteiger charge is -2.22. The standard InChI is InChI=1S/C21H21N5O3/c1-13(18-23-15-10-6-7-11-16(15)24-18)22-17(27)12-26-19(28)21(2,25-20(26)29)14-8-4-3-5-9-14/h3-11,13H,12H2,1-2H3,(H,22,27)(H,23,24)(H,25,29)/t13-,21+/m0/s1. The van der Waals surface area contributed by atoms with Crippen LogP contribution in [0.5, 0.6) is 0 Å². The Morgan fingerprint density at radius 1 is 1.14 bits per heavy atom. The molecule has 0 radical (unpaired) electrons. The zero-order valence-corrected chi connectivity index (χ0v) is 16.1. The lowest BCUT2D eigenvalue weighted by Crippen LogP contribution is -2.43. The predicted molar refractivity (Wildman–Crippen MR) is 107 cm³/mol. The van der Waals surface area contributed by atoms with Crippen molar-refractivity contribution in [3.05, 3.63) is 66.0 Å². The highest BCUT2D eigenvalue weighted by Gasteiger charge is 2.49. The third kappa shape index (κ3) is 3.33. The number of carbonyl (C=O) groups excluding carboxylic acids is 3. The molecule has 0 aliphatic carbocycles. The van der Waals surface area contributed by atoms with Gasteiger partial charge in [-0.25, -0.2) is 9.78 Å². The predicted octanol–water partition coefficient (Wildman–Crippen LogP) is 2.21. The van der Waals surface area contributed by atoms with Crippen molar-refractivity contribution in [2.45, 2.75) is 25.4 Å². The molecule has 1 aliphatic heterocycles. The molecule has 3 aromatic rings. The summed E-state index contributed by atoms with van der Waals surface area (Å²) in [6, 6.07) is 15.5. The lowest BCUT2D eigenvalue weighted by atomic mass is 9.92. The summed E-state index contributed by atoms with van der Waals surface area (Å²) < 4.78 is 0. The Bertz CT molecular complexity index is 1060. The van der Waals surface area contributed by atoms with Crippen LogP contribution in [0, 0.1) is 0 Å². The molecule has 148 valence electrons. The van der Waals surface area contributed by atoms with Gasteiger partial charge in [-0.3, -0.25) is 14.5 Å². The van der Waals surface area contributed by atoms with Crippen molar-refractivity contribution in [2.24, 2.45) is 0 Å². The number of hydrogen-bond acceptors (Lipinski definition) is 4. The van der Waals surface area contributed by atoms with Crippen LogP contribution in [0.3, 0.4) is 0 Å². The second-order valence-corrected chi connectivity index (χ2v) is 7.24. The topological polar surface area (TPSA) is 107 Å². The number of hydrogen-bond donors (Lipinski definition) is 3. The van der Waals surface area contributed by atoms with E-state index in [1.165, 1.54) is 0 Å². The number of benzene rings is 2. The van der Waals surface area contributed by atoms with Gasteiger partial charge in [-0.1, -0.05) is 42.5 Å². The fraction of sp³-hybridized carbons (Fsp3) is 0.238. The Morgan fingerprint density at radius 3 is 2.55 bits per heavy atom. The number of amides is 4. The van der Waals surface area contributed by atoms with Crippen LogP contribution >= 0.6 is 0 Å². The highest BCUT2D eigenvalue weighted by Crippen LogP contribution is 2.28. The average Bonchev–Trinajstić information content (AvgIpc) is 3.24. The van der Waals surface area contributed by atoms with Gasteiger partial charge in [-0.15, -0.1) is 0 Å². The van der Waals surface area contributed by atoms with Crippen molar-refractivity contribution in [1.82, 2.24) is 25.5 Å². The molecule has 0 spiro atoms. The number of aromatic amines is 1. The molecule has 0 saturated carbocycles. The second kappa shape index (κ2) is 7.05. The number of para-hydroxylation sites is 2.